The Kier molecular flexibility index (Phi) is 13.9. The molecule has 25 heavy (non-hydrogen) atoms. The molecular weight excluding hydrogens is 334 g/mol. The molecule has 0 aliphatic carbocycles. The van der Waals surface area contributed by atoms with Crippen LogP contribution in [-0.2, 0) is 13.8 Å². The van der Waals surface area contributed by atoms with Crippen LogP contribution in [0.1, 0.15) is 54.4 Å². The molecule has 0 amide bonds. The van der Waals surface area contributed by atoms with Crippen LogP contribution in [0.15, 0.2) is 0 Å². The third-order valence-corrected chi connectivity index (χ3v) is 5.50. The third-order valence-electron chi connectivity index (χ3n) is 3.81. The van der Waals surface area contributed by atoms with E-state index in [2.05, 4.69) is 32.5 Å². The van der Waals surface area contributed by atoms with Gasteiger partial charge in [0.05, 0.1) is 12.7 Å². The van der Waals surface area contributed by atoms with Crippen molar-refractivity contribution in [3.63, 3.8) is 0 Å². The molecule has 0 bridgehead atoms. The molecule has 7 heteroatoms. The van der Waals surface area contributed by atoms with Crippen molar-refractivity contribution in [2.24, 2.45) is 17.6 Å². The second kappa shape index (κ2) is 14.0. The van der Waals surface area contributed by atoms with Crippen molar-refractivity contribution in [3.8, 4) is 0 Å². The summed E-state index contributed by atoms with van der Waals surface area (Å²) in [6.45, 7) is 20.6. The van der Waals surface area contributed by atoms with Crippen molar-refractivity contribution in [1.29, 1.82) is 0 Å². The van der Waals surface area contributed by atoms with E-state index in [1.807, 2.05) is 13.8 Å². The Labute approximate surface area is 157 Å². The average Bonchev–Trinajstić information content (AvgIpc) is 2.77. The standard InChI is InChI=1S/C15H27BNO3P.C3H9N/c1-6-7-14-13(12(4)15(16)20-14)10-19-21(11(2)3)18-9-8-17-5;1-3(2)4/h11-15H,6-10H2,1-4H3;3H,4H2,1-2H3/t12-,13?,14+,15+,21?;/m0./s1. The number of hydrogen-bond donors (Lipinski definition) is 1. The van der Waals surface area contributed by atoms with Gasteiger partial charge in [-0.15, -0.1) is 0 Å². The fourth-order valence-electron chi connectivity index (χ4n) is 2.51. The smallest absolute Gasteiger partial charge is 0.238 e. The maximum absolute atomic E-state index is 6.79. The highest BCUT2D eigenvalue weighted by atomic mass is 31.2. The van der Waals surface area contributed by atoms with Crippen LogP contribution in [0.3, 0.4) is 0 Å². The molecular formula is C18H36BN2O3P. The van der Waals surface area contributed by atoms with E-state index in [1.165, 1.54) is 0 Å². The van der Waals surface area contributed by atoms with Gasteiger partial charge < -0.3 is 24.4 Å². The van der Waals surface area contributed by atoms with Crippen LogP contribution in [0.4, 0.5) is 0 Å². The lowest BCUT2D eigenvalue weighted by molar-refractivity contribution is 0.0533. The van der Waals surface area contributed by atoms with E-state index in [-0.39, 0.29) is 12.1 Å². The molecule has 2 N–H and O–H groups in total. The van der Waals surface area contributed by atoms with Crippen molar-refractivity contribution < 1.29 is 13.8 Å². The first-order valence-electron chi connectivity index (χ1n) is 9.29. The SMILES string of the molecule is CC(C)N.[B][C@@H]1O[C@H](CCC)C(COP(OCC[N+]#[C-])C(C)C)[C@@H]1C. The minimum atomic E-state index is -0.949. The molecule has 0 aromatic rings. The van der Waals surface area contributed by atoms with Gasteiger partial charge in [0.2, 0.25) is 6.54 Å². The van der Waals surface area contributed by atoms with E-state index in [0.717, 1.165) is 12.8 Å². The Hall–Kier alpha value is -0.175. The third kappa shape index (κ3) is 10.5. The summed E-state index contributed by atoms with van der Waals surface area (Å²) in [7, 11) is 5.07. The highest BCUT2D eigenvalue weighted by Gasteiger charge is 2.39. The van der Waals surface area contributed by atoms with Crippen molar-refractivity contribution in [2.75, 3.05) is 19.8 Å². The molecule has 0 aromatic heterocycles. The van der Waals surface area contributed by atoms with Gasteiger partial charge in [0.25, 0.3) is 0 Å². The summed E-state index contributed by atoms with van der Waals surface area (Å²) in [5.41, 5.74) is 5.43. The molecule has 0 aromatic carbocycles. The van der Waals surface area contributed by atoms with Gasteiger partial charge in [-0.1, -0.05) is 48.0 Å². The predicted molar refractivity (Wildman–Crippen MR) is 107 cm³/mol. The van der Waals surface area contributed by atoms with Gasteiger partial charge >= 0.3 is 0 Å². The lowest BCUT2D eigenvalue weighted by Gasteiger charge is -2.25. The number of nitrogens with zero attached hydrogens (tertiary/aromatic N) is 1. The Morgan fingerprint density at radius 1 is 1.28 bits per heavy atom. The van der Waals surface area contributed by atoms with Crippen LogP contribution in [0.25, 0.3) is 4.85 Å². The maximum atomic E-state index is 6.79. The molecule has 2 unspecified atom stereocenters. The van der Waals surface area contributed by atoms with Crippen LogP contribution < -0.4 is 5.73 Å². The number of ether oxygens (including phenoxy) is 1. The van der Waals surface area contributed by atoms with Crippen LogP contribution in [0, 0.1) is 18.4 Å². The first kappa shape index (κ1) is 24.8. The molecule has 5 nitrogen and oxygen atoms in total. The number of hydrogen-bond acceptors (Lipinski definition) is 4. The average molecular weight is 370 g/mol. The summed E-state index contributed by atoms with van der Waals surface area (Å²) in [5.74, 6) is 0.627. The maximum Gasteiger partial charge on any atom is 0.238 e. The minimum absolute atomic E-state index is 0.187. The molecule has 1 rings (SSSR count). The minimum Gasteiger partial charge on any atom is -0.384 e. The summed E-state index contributed by atoms with van der Waals surface area (Å²) in [5, 5.41) is 0. The first-order valence-corrected chi connectivity index (χ1v) is 10.5. The van der Waals surface area contributed by atoms with E-state index in [9.17, 15) is 0 Å². The number of rotatable bonds is 9. The monoisotopic (exact) mass is 370 g/mol. The molecule has 0 spiro atoms. The van der Waals surface area contributed by atoms with Gasteiger partial charge in [-0.2, -0.15) is 0 Å². The summed E-state index contributed by atoms with van der Waals surface area (Å²) < 4.78 is 17.6. The summed E-state index contributed by atoms with van der Waals surface area (Å²) in [6, 6.07) is 0.142. The largest absolute Gasteiger partial charge is 0.384 e. The van der Waals surface area contributed by atoms with Crippen molar-refractivity contribution in [2.45, 2.75) is 78.2 Å². The zero-order valence-electron chi connectivity index (χ0n) is 16.8. The zero-order chi connectivity index (χ0) is 19.4. The molecule has 1 heterocycles. The topological polar surface area (TPSA) is 58.1 Å². The van der Waals surface area contributed by atoms with Crippen LogP contribution in [-0.4, -0.2) is 51.4 Å². The van der Waals surface area contributed by atoms with Crippen LogP contribution in [0.2, 0.25) is 0 Å². The van der Waals surface area contributed by atoms with Crippen LogP contribution >= 0.6 is 8.38 Å². The van der Waals surface area contributed by atoms with Crippen molar-refractivity contribution >= 4 is 16.2 Å². The van der Waals surface area contributed by atoms with Gasteiger partial charge in [0.1, 0.15) is 14.5 Å². The summed E-state index contributed by atoms with van der Waals surface area (Å²) in [6.07, 6.45) is 2.29. The second-order valence-electron chi connectivity index (χ2n) is 7.08. The van der Waals surface area contributed by atoms with E-state index in [0.29, 0.717) is 43.3 Å². The fourth-order valence-corrected chi connectivity index (χ4v) is 3.76. The predicted octanol–water partition coefficient (Wildman–Crippen LogP) is 3.96. The second-order valence-corrected chi connectivity index (χ2v) is 9.20. The van der Waals surface area contributed by atoms with E-state index < -0.39 is 8.38 Å². The fraction of sp³-hybridized carbons (Fsp3) is 0.944. The highest BCUT2D eigenvalue weighted by Crippen LogP contribution is 2.45. The molecule has 5 atom stereocenters. The van der Waals surface area contributed by atoms with E-state index >= 15 is 0 Å². The van der Waals surface area contributed by atoms with Gasteiger partial charge in [0, 0.05) is 17.6 Å². The molecule has 1 saturated heterocycles. The normalized spacial score (nSPS) is 27.0. The Bertz CT molecular complexity index is 377. The molecule has 144 valence electrons. The zero-order valence-corrected chi connectivity index (χ0v) is 17.7. The molecule has 2 radical (unpaired) electrons. The first-order chi connectivity index (χ1) is 11.7. The van der Waals surface area contributed by atoms with Gasteiger partial charge in [0.15, 0.2) is 8.38 Å². The Morgan fingerprint density at radius 2 is 1.88 bits per heavy atom. The lowest BCUT2D eigenvalue weighted by atomic mass is 9.81. The van der Waals surface area contributed by atoms with Crippen molar-refractivity contribution in [3.05, 3.63) is 11.4 Å². The lowest BCUT2D eigenvalue weighted by Crippen LogP contribution is -2.25. The molecule has 1 fully saturated rings. The number of nitrogens with two attached hydrogens (primary N) is 1. The van der Waals surface area contributed by atoms with Crippen molar-refractivity contribution in [1.82, 2.24) is 0 Å². The molecule has 1 aliphatic heterocycles. The Balaban J connectivity index is 0.00000129. The highest BCUT2D eigenvalue weighted by molar-refractivity contribution is 7.48. The molecule has 1 aliphatic rings. The molecule has 0 saturated carbocycles. The summed E-state index contributed by atoms with van der Waals surface area (Å²) >= 11 is 0. The van der Waals surface area contributed by atoms with Crippen LogP contribution in [0.5, 0.6) is 0 Å². The quantitative estimate of drug-likeness (QED) is 0.289. The Morgan fingerprint density at radius 3 is 2.36 bits per heavy atom. The van der Waals surface area contributed by atoms with E-state index in [1.54, 1.807) is 0 Å². The van der Waals surface area contributed by atoms with Gasteiger partial charge in [-0.25, -0.2) is 6.57 Å². The summed E-state index contributed by atoms with van der Waals surface area (Å²) in [4.78, 5) is 3.31. The van der Waals surface area contributed by atoms with Gasteiger partial charge in [-0.3, -0.25) is 0 Å². The van der Waals surface area contributed by atoms with Gasteiger partial charge in [-0.05, 0) is 18.4 Å². The van der Waals surface area contributed by atoms with E-state index in [4.69, 9.17) is 33.9 Å².